The fraction of sp³-hybridized carbons (Fsp3) is 0.455. The summed E-state index contributed by atoms with van der Waals surface area (Å²) in [7, 11) is 1.67. The van der Waals surface area contributed by atoms with Crippen LogP contribution in [0.2, 0.25) is 5.02 Å². The second-order valence-corrected chi connectivity index (χ2v) is 7.51. The molecule has 0 aromatic heterocycles. The van der Waals surface area contributed by atoms with Crippen LogP contribution >= 0.6 is 11.6 Å². The minimum absolute atomic E-state index is 0.491. The largest absolute Gasteiger partial charge is 0.497 e. The number of halogens is 1. The van der Waals surface area contributed by atoms with Crippen molar-refractivity contribution >= 4 is 17.3 Å². The van der Waals surface area contributed by atoms with E-state index in [1.165, 1.54) is 6.42 Å². The summed E-state index contributed by atoms with van der Waals surface area (Å²) in [6.07, 6.45) is 2.26. The maximum absolute atomic E-state index is 6.28. The minimum atomic E-state index is 0.491. The molecule has 0 bridgehead atoms. The molecular weight excluding hydrogens is 374 g/mol. The summed E-state index contributed by atoms with van der Waals surface area (Å²) in [5.74, 6) is 1.70. The molecule has 1 aliphatic rings. The Morgan fingerprint density at radius 2 is 1.86 bits per heavy atom. The van der Waals surface area contributed by atoms with Gasteiger partial charge in [0.05, 0.1) is 12.8 Å². The summed E-state index contributed by atoms with van der Waals surface area (Å²) in [6, 6.07) is 13.8. The van der Waals surface area contributed by atoms with Gasteiger partial charge in [-0.1, -0.05) is 23.7 Å². The molecule has 0 radical (unpaired) electrons. The maximum atomic E-state index is 6.28. The van der Waals surface area contributed by atoms with Crippen LogP contribution in [0.15, 0.2) is 42.5 Å². The highest BCUT2D eigenvalue weighted by Crippen LogP contribution is 2.33. The molecule has 0 spiro atoms. The maximum Gasteiger partial charge on any atom is 0.143 e. The van der Waals surface area contributed by atoms with E-state index in [2.05, 4.69) is 9.80 Å². The van der Waals surface area contributed by atoms with Crippen molar-refractivity contribution in [3.05, 3.63) is 53.1 Å². The zero-order chi connectivity index (χ0) is 19.8. The Bertz CT molecular complexity index is 748. The first-order valence-electron chi connectivity index (χ1n) is 9.92. The van der Waals surface area contributed by atoms with Crippen molar-refractivity contribution in [2.24, 2.45) is 5.73 Å². The number of unbranched alkanes of at least 4 members (excludes halogenated alkanes) is 1. The normalized spacial score (nSPS) is 14.9. The first-order valence-corrected chi connectivity index (χ1v) is 10.3. The topological polar surface area (TPSA) is 51.0 Å². The van der Waals surface area contributed by atoms with Crippen molar-refractivity contribution < 1.29 is 9.47 Å². The van der Waals surface area contributed by atoms with Gasteiger partial charge in [-0.2, -0.15) is 0 Å². The van der Waals surface area contributed by atoms with E-state index in [0.717, 1.165) is 73.5 Å². The Morgan fingerprint density at radius 3 is 2.61 bits per heavy atom. The van der Waals surface area contributed by atoms with Gasteiger partial charge in [0.25, 0.3) is 0 Å². The first-order chi connectivity index (χ1) is 13.7. The Kier molecular flexibility index (Phi) is 7.83. The highest BCUT2D eigenvalue weighted by molar-refractivity contribution is 6.30. The third-order valence-corrected chi connectivity index (χ3v) is 5.33. The molecule has 152 valence electrons. The second kappa shape index (κ2) is 10.6. The van der Waals surface area contributed by atoms with Crippen LogP contribution in [0.1, 0.15) is 18.4 Å². The lowest BCUT2D eigenvalue weighted by molar-refractivity contribution is 0.251. The molecule has 3 rings (SSSR count). The molecule has 0 aliphatic carbocycles. The molecule has 0 unspecified atom stereocenters. The quantitative estimate of drug-likeness (QED) is 0.645. The molecule has 5 nitrogen and oxygen atoms in total. The van der Waals surface area contributed by atoms with Crippen LogP contribution in [0.5, 0.6) is 11.5 Å². The van der Waals surface area contributed by atoms with Crippen LogP contribution in [0.3, 0.4) is 0 Å². The van der Waals surface area contributed by atoms with Gasteiger partial charge in [-0.15, -0.1) is 0 Å². The van der Waals surface area contributed by atoms with Crippen LogP contribution < -0.4 is 20.1 Å². The van der Waals surface area contributed by atoms with E-state index in [1.807, 2.05) is 42.5 Å². The van der Waals surface area contributed by atoms with E-state index in [-0.39, 0.29) is 0 Å². The van der Waals surface area contributed by atoms with Crippen molar-refractivity contribution in [2.45, 2.75) is 19.4 Å². The van der Waals surface area contributed by atoms with Crippen LogP contribution in [0.4, 0.5) is 5.69 Å². The average molecular weight is 404 g/mol. The average Bonchev–Trinajstić information content (AvgIpc) is 2.74. The zero-order valence-electron chi connectivity index (χ0n) is 16.6. The lowest BCUT2D eigenvalue weighted by Gasteiger charge is -2.36. The summed E-state index contributed by atoms with van der Waals surface area (Å²) in [5, 5.41) is 0.731. The molecule has 0 saturated carbocycles. The zero-order valence-corrected chi connectivity index (χ0v) is 17.3. The summed E-state index contributed by atoms with van der Waals surface area (Å²) >= 11 is 6.28. The number of ether oxygens (including phenoxy) is 2. The van der Waals surface area contributed by atoms with E-state index < -0.39 is 0 Å². The van der Waals surface area contributed by atoms with Gasteiger partial charge in [0.2, 0.25) is 0 Å². The summed E-state index contributed by atoms with van der Waals surface area (Å²) in [6.45, 7) is 6.43. The van der Waals surface area contributed by atoms with Gasteiger partial charge in [0.1, 0.15) is 18.1 Å². The third kappa shape index (κ3) is 5.77. The molecule has 28 heavy (non-hydrogen) atoms. The van der Waals surface area contributed by atoms with Crippen molar-refractivity contribution in [3.8, 4) is 11.5 Å². The third-order valence-electron chi connectivity index (χ3n) is 5.09. The van der Waals surface area contributed by atoms with E-state index in [1.54, 1.807) is 7.11 Å². The summed E-state index contributed by atoms with van der Waals surface area (Å²) in [5.41, 5.74) is 7.74. The number of nitrogens with two attached hydrogens (primary N) is 1. The minimum Gasteiger partial charge on any atom is -0.497 e. The number of anilines is 1. The predicted octanol–water partition coefficient (Wildman–Crippen LogP) is 3.79. The summed E-state index contributed by atoms with van der Waals surface area (Å²) < 4.78 is 11.4. The van der Waals surface area contributed by atoms with E-state index in [9.17, 15) is 0 Å². The Labute approximate surface area is 173 Å². The Balaban J connectivity index is 1.63. The van der Waals surface area contributed by atoms with Gasteiger partial charge in [-0.25, -0.2) is 0 Å². The van der Waals surface area contributed by atoms with Gasteiger partial charge >= 0.3 is 0 Å². The molecule has 2 aromatic carbocycles. The van der Waals surface area contributed by atoms with Gasteiger partial charge in [0, 0.05) is 31.2 Å². The number of hydrogen-bond donors (Lipinski definition) is 1. The smallest absolute Gasteiger partial charge is 0.143 e. The monoisotopic (exact) mass is 403 g/mol. The lowest BCUT2D eigenvalue weighted by Crippen LogP contribution is -2.46. The molecule has 2 N–H and O–H groups in total. The Morgan fingerprint density at radius 1 is 1.04 bits per heavy atom. The number of piperazine rings is 1. The number of methoxy groups -OCH3 is 1. The fourth-order valence-corrected chi connectivity index (χ4v) is 3.64. The molecule has 6 heteroatoms. The van der Waals surface area contributed by atoms with Crippen LogP contribution in [-0.4, -0.2) is 51.3 Å². The van der Waals surface area contributed by atoms with Crippen LogP contribution in [0.25, 0.3) is 0 Å². The van der Waals surface area contributed by atoms with Gasteiger partial charge in [-0.3, -0.25) is 4.90 Å². The highest BCUT2D eigenvalue weighted by atomic mass is 35.5. The lowest BCUT2D eigenvalue weighted by atomic mass is 10.2. The molecule has 1 heterocycles. The number of hydrogen-bond acceptors (Lipinski definition) is 5. The van der Waals surface area contributed by atoms with Gasteiger partial charge < -0.3 is 20.1 Å². The molecule has 1 saturated heterocycles. The fourth-order valence-electron chi connectivity index (χ4n) is 3.48. The molecular formula is C22H30ClN3O2. The first kappa shape index (κ1) is 20.8. The van der Waals surface area contributed by atoms with E-state index >= 15 is 0 Å². The predicted molar refractivity (Wildman–Crippen MR) is 116 cm³/mol. The summed E-state index contributed by atoms with van der Waals surface area (Å²) in [4.78, 5) is 4.87. The standard InChI is InChI=1S/C22H30ClN3O2/c1-27-20-6-4-5-18(15-20)17-28-22-8-7-19(23)16-21(22)26-13-11-25(12-14-26)10-3-2-9-24/h4-8,15-16H,2-3,9-14,17,24H2,1H3. The molecule has 2 aromatic rings. The number of benzene rings is 2. The van der Waals surface area contributed by atoms with Gasteiger partial charge in [0.15, 0.2) is 0 Å². The Hall–Kier alpha value is -1.95. The molecule has 1 aliphatic heterocycles. The number of rotatable bonds is 9. The van der Waals surface area contributed by atoms with Gasteiger partial charge in [-0.05, 0) is 61.8 Å². The molecule has 1 fully saturated rings. The van der Waals surface area contributed by atoms with Crippen molar-refractivity contribution in [2.75, 3.05) is 51.3 Å². The van der Waals surface area contributed by atoms with Crippen LogP contribution in [-0.2, 0) is 6.61 Å². The van der Waals surface area contributed by atoms with Crippen molar-refractivity contribution in [1.29, 1.82) is 0 Å². The van der Waals surface area contributed by atoms with E-state index in [4.69, 9.17) is 26.8 Å². The highest BCUT2D eigenvalue weighted by Gasteiger charge is 2.20. The van der Waals surface area contributed by atoms with Crippen molar-refractivity contribution in [1.82, 2.24) is 4.90 Å². The van der Waals surface area contributed by atoms with Crippen LogP contribution in [0, 0.1) is 0 Å². The molecule has 0 atom stereocenters. The van der Waals surface area contributed by atoms with E-state index in [0.29, 0.717) is 6.61 Å². The molecule has 0 amide bonds. The SMILES string of the molecule is COc1cccc(COc2ccc(Cl)cc2N2CCN(CCCCN)CC2)c1. The second-order valence-electron chi connectivity index (χ2n) is 7.08. The number of nitrogens with zero attached hydrogens (tertiary/aromatic N) is 2. The van der Waals surface area contributed by atoms with Crippen molar-refractivity contribution in [3.63, 3.8) is 0 Å².